The molecule has 0 aliphatic carbocycles. The summed E-state index contributed by atoms with van der Waals surface area (Å²) in [4.78, 5) is 16.3. The second-order valence-electron chi connectivity index (χ2n) is 6.17. The number of benzene rings is 1. The second kappa shape index (κ2) is 7.55. The van der Waals surface area contributed by atoms with Crippen LogP contribution in [0.5, 0.6) is 0 Å². The number of amides is 1. The average molecular weight is 292 g/mol. The number of nitrogens with zero attached hydrogens (tertiary/aromatic N) is 2. The van der Waals surface area contributed by atoms with Gasteiger partial charge in [-0.15, -0.1) is 0 Å². The highest BCUT2D eigenvalue weighted by Crippen LogP contribution is 2.15. The largest absolute Gasteiger partial charge is 0.341 e. The first-order valence-electron chi connectivity index (χ1n) is 7.75. The van der Waals surface area contributed by atoms with E-state index < -0.39 is 0 Å². The van der Waals surface area contributed by atoms with Crippen molar-refractivity contribution in [2.45, 2.75) is 32.7 Å². The lowest BCUT2D eigenvalue weighted by molar-refractivity contribution is -0.130. The molecule has 1 aromatic rings. The Kier molecular flexibility index (Phi) is 5.74. The molecule has 21 heavy (non-hydrogen) atoms. The van der Waals surface area contributed by atoms with Crippen LogP contribution in [0, 0.1) is 11.7 Å². The highest BCUT2D eigenvalue weighted by Gasteiger charge is 2.17. The summed E-state index contributed by atoms with van der Waals surface area (Å²) in [5.74, 6) is 0.648. The predicted molar refractivity (Wildman–Crippen MR) is 82.3 cm³/mol. The smallest absolute Gasteiger partial charge is 0.223 e. The molecule has 1 fully saturated rings. The number of piperidine rings is 1. The predicted octanol–water partition coefficient (Wildman–Crippen LogP) is 2.91. The Morgan fingerprint density at radius 1 is 1.38 bits per heavy atom. The molecule has 0 unspecified atom stereocenters. The van der Waals surface area contributed by atoms with Crippen LogP contribution in [-0.4, -0.2) is 42.4 Å². The molecule has 1 aromatic carbocycles. The van der Waals surface area contributed by atoms with Crippen LogP contribution in [0.15, 0.2) is 24.3 Å². The molecule has 1 amide bonds. The van der Waals surface area contributed by atoms with E-state index in [-0.39, 0.29) is 11.7 Å². The van der Waals surface area contributed by atoms with Crippen molar-refractivity contribution in [3.05, 3.63) is 35.6 Å². The molecular formula is C17H25FN2O. The second-order valence-corrected chi connectivity index (χ2v) is 6.17. The molecule has 1 aliphatic heterocycles. The molecule has 1 atom stereocenters. The first-order chi connectivity index (χ1) is 10.0. The van der Waals surface area contributed by atoms with Crippen molar-refractivity contribution in [2.24, 2.45) is 5.92 Å². The van der Waals surface area contributed by atoms with E-state index in [4.69, 9.17) is 0 Å². The molecule has 0 radical (unpaired) electrons. The fraction of sp³-hybridized carbons (Fsp3) is 0.588. The van der Waals surface area contributed by atoms with E-state index in [2.05, 4.69) is 11.8 Å². The Morgan fingerprint density at radius 2 is 2.10 bits per heavy atom. The fourth-order valence-corrected chi connectivity index (χ4v) is 2.89. The SMILES string of the molecule is C[C@H]1CCCN(CCC(=O)N(C)Cc2ccc(F)cc2)C1. The standard InChI is InChI=1S/C17H25FN2O/c1-14-4-3-10-20(12-14)11-9-17(21)19(2)13-15-5-7-16(18)8-6-15/h5-8,14H,3-4,9-13H2,1-2H3/t14-/m0/s1. The van der Waals surface area contributed by atoms with Gasteiger partial charge in [-0.05, 0) is 43.0 Å². The van der Waals surface area contributed by atoms with E-state index in [1.165, 1.54) is 25.0 Å². The molecule has 3 nitrogen and oxygen atoms in total. The van der Waals surface area contributed by atoms with Gasteiger partial charge in [0.05, 0.1) is 0 Å². The molecule has 0 N–H and O–H groups in total. The Balaban J connectivity index is 1.75. The minimum Gasteiger partial charge on any atom is -0.341 e. The van der Waals surface area contributed by atoms with E-state index in [0.29, 0.717) is 13.0 Å². The zero-order valence-electron chi connectivity index (χ0n) is 13.0. The van der Waals surface area contributed by atoms with E-state index in [1.807, 2.05) is 7.05 Å². The number of hydrogen-bond acceptors (Lipinski definition) is 2. The Labute approximate surface area is 126 Å². The van der Waals surface area contributed by atoms with E-state index in [1.54, 1.807) is 17.0 Å². The number of rotatable bonds is 5. The average Bonchev–Trinajstić information content (AvgIpc) is 2.47. The summed E-state index contributed by atoms with van der Waals surface area (Å²) in [5.41, 5.74) is 0.957. The van der Waals surface area contributed by atoms with Crippen LogP contribution < -0.4 is 0 Å². The van der Waals surface area contributed by atoms with Gasteiger partial charge in [-0.2, -0.15) is 0 Å². The number of carbonyl (C=O) groups excluding carboxylic acids is 1. The highest BCUT2D eigenvalue weighted by molar-refractivity contribution is 5.76. The van der Waals surface area contributed by atoms with Gasteiger partial charge in [0.25, 0.3) is 0 Å². The van der Waals surface area contributed by atoms with Gasteiger partial charge in [-0.1, -0.05) is 19.1 Å². The third-order valence-electron chi connectivity index (χ3n) is 4.14. The van der Waals surface area contributed by atoms with Crippen LogP contribution in [0.1, 0.15) is 31.7 Å². The molecule has 2 rings (SSSR count). The van der Waals surface area contributed by atoms with Gasteiger partial charge in [0.1, 0.15) is 5.82 Å². The molecule has 1 saturated heterocycles. The zero-order chi connectivity index (χ0) is 15.2. The summed E-state index contributed by atoms with van der Waals surface area (Å²) in [7, 11) is 1.81. The summed E-state index contributed by atoms with van der Waals surface area (Å²) in [6.45, 7) is 5.87. The van der Waals surface area contributed by atoms with Crippen molar-refractivity contribution >= 4 is 5.91 Å². The maximum absolute atomic E-state index is 12.9. The lowest BCUT2D eigenvalue weighted by Crippen LogP contribution is -2.37. The summed E-state index contributed by atoms with van der Waals surface area (Å²) >= 11 is 0. The lowest BCUT2D eigenvalue weighted by atomic mass is 10.0. The molecule has 1 aliphatic rings. The Bertz CT molecular complexity index is 460. The monoisotopic (exact) mass is 292 g/mol. The first kappa shape index (κ1) is 16.0. The Hall–Kier alpha value is -1.42. The molecule has 1 heterocycles. The van der Waals surface area contributed by atoms with E-state index in [9.17, 15) is 9.18 Å². The first-order valence-corrected chi connectivity index (χ1v) is 7.75. The maximum atomic E-state index is 12.9. The van der Waals surface area contributed by atoms with Gasteiger partial charge >= 0.3 is 0 Å². The van der Waals surface area contributed by atoms with Gasteiger partial charge in [-0.3, -0.25) is 4.79 Å². The van der Waals surface area contributed by atoms with Crippen LogP contribution in [-0.2, 0) is 11.3 Å². The van der Waals surface area contributed by atoms with Crippen molar-refractivity contribution in [2.75, 3.05) is 26.7 Å². The van der Waals surface area contributed by atoms with Gasteiger partial charge in [-0.25, -0.2) is 4.39 Å². The van der Waals surface area contributed by atoms with Crippen LogP contribution in [0.2, 0.25) is 0 Å². The van der Waals surface area contributed by atoms with Crippen LogP contribution in [0.4, 0.5) is 4.39 Å². The van der Waals surface area contributed by atoms with E-state index >= 15 is 0 Å². The normalized spacial score (nSPS) is 19.5. The minimum absolute atomic E-state index is 0.151. The summed E-state index contributed by atoms with van der Waals surface area (Å²) in [6, 6.07) is 6.32. The quantitative estimate of drug-likeness (QED) is 0.833. The van der Waals surface area contributed by atoms with Crippen molar-refractivity contribution in [3.8, 4) is 0 Å². The number of likely N-dealkylation sites (tertiary alicyclic amines) is 1. The number of carbonyl (C=O) groups is 1. The van der Waals surface area contributed by atoms with Gasteiger partial charge in [0.2, 0.25) is 5.91 Å². The number of halogens is 1. The lowest BCUT2D eigenvalue weighted by Gasteiger charge is -2.31. The topological polar surface area (TPSA) is 23.6 Å². The zero-order valence-corrected chi connectivity index (χ0v) is 13.0. The van der Waals surface area contributed by atoms with Gasteiger partial charge in [0, 0.05) is 33.1 Å². The van der Waals surface area contributed by atoms with Crippen molar-refractivity contribution in [3.63, 3.8) is 0 Å². The van der Waals surface area contributed by atoms with E-state index in [0.717, 1.165) is 31.1 Å². The molecule has 116 valence electrons. The highest BCUT2D eigenvalue weighted by atomic mass is 19.1. The summed E-state index contributed by atoms with van der Waals surface area (Å²) in [5, 5.41) is 0. The van der Waals surface area contributed by atoms with Crippen LogP contribution in [0.25, 0.3) is 0 Å². The number of hydrogen-bond donors (Lipinski definition) is 0. The Morgan fingerprint density at radius 3 is 2.76 bits per heavy atom. The van der Waals surface area contributed by atoms with Crippen molar-refractivity contribution in [1.29, 1.82) is 0 Å². The summed E-state index contributed by atoms with van der Waals surface area (Å²) in [6.07, 6.45) is 3.10. The van der Waals surface area contributed by atoms with Crippen molar-refractivity contribution < 1.29 is 9.18 Å². The third-order valence-corrected chi connectivity index (χ3v) is 4.14. The van der Waals surface area contributed by atoms with Gasteiger partial charge in [0.15, 0.2) is 0 Å². The van der Waals surface area contributed by atoms with Gasteiger partial charge < -0.3 is 9.80 Å². The fourth-order valence-electron chi connectivity index (χ4n) is 2.89. The molecule has 0 saturated carbocycles. The molecule has 4 heteroatoms. The minimum atomic E-state index is -0.244. The maximum Gasteiger partial charge on any atom is 0.223 e. The molecule has 0 bridgehead atoms. The van der Waals surface area contributed by atoms with Crippen LogP contribution >= 0.6 is 0 Å². The summed E-state index contributed by atoms with van der Waals surface area (Å²) < 4.78 is 12.9. The molecular weight excluding hydrogens is 267 g/mol. The molecule has 0 spiro atoms. The van der Waals surface area contributed by atoms with Crippen molar-refractivity contribution in [1.82, 2.24) is 9.80 Å². The third kappa shape index (κ3) is 5.12. The van der Waals surface area contributed by atoms with Crippen LogP contribution in [0.3, 0.4) is 0 Å². The molecule has 0 aromatic heterocycles.